The second-order valence-corrected chi connectivity index (χ2v) is 2.52. The lowest BCUT2D eigenvalue weighted by Crippen LogP contribution is -2.34. The van der Waals surface area contributed by atoms with Gasteiger partial charge in [0.05, 0.1) is 0 Å². The topological polar surface area (TPSA) is 6.25 Å². The van der Waals surface area contributed by atoms with Crippen molar-refractivity contribution in [2.24, 2.45) is 0 Å². The molecule has 0 aromatic heterocycles. The van der Waals surface area contributed by atoms with Gasteiger partial charge in [0, 0.05) is 19.3 Å². The molecular weight excluding hydrogens is 136 g/mol. The van der Waals surface area contributed by atoms with Crippen LogP contribution in [0.4, 0.5) is 0 Å². The average molecular weight is 146 g/mol. The van der Waals surface area contributed by atoms with E-state index < -0.39 is 0 Å². The standard InChI is InChI=1S/C6H10ClN2/c1-8-4-3-5-9(2)6(8)7/h3-6H,1-2H3/q+1. The fourth-order valence-electron chi connectivity index (χ4n) is 0.739. The van der Waals surface area contributed by atoms with Gasteiger partial charge >= 0.3 is 5.62 Å². The molecule has 1 rings (SSSR count). The fraction of sp³-hybridized carbons (Fsp3) is 0.500. The Morgan fingerprint density at radius 2 is 2.33 bits per heavy atom. The van der Waals surface area contributed by atoms with Gasteiger partial charge in [-0.25, -0.2) is 4.58 Å². The molecule has 0 N–H and O–H groups in total. The van der Waals surface area contributed by atoms with Crippen LogP contribution >= 0.6 is 11.6 Å². The molecule has 0 bridgehead atoms. The maximum atomic E-state index is 5.89. The summed E-state index contributed by atoms with van der Waals surface area (Å²) < 4.78 is 1.93. The first-order valence-electron chi connectivity index (χ1n) is 2.81. The number of nitrogens with zero attached hydrogens (tertiary/aromatic N) is 2. The summed E-state index contributed by atoms with van der Waals surface area (Å²) in [5.41, 5.74) is -0.0324. The summed E-state index contributed by atoms with van der Waals surface area (Å²) >= 11 is 5.89. The van der Waals surface area contributed by atoms with Gasteiger partial charge in [-0.2, -0.15) is 0 Å². The minimum Gasteiger partial charge on any atom is -0.311 e. The molecule has 3 heteroatoms. The number of allylic oxidation sites excluding steroid dienone is 1. The van der Waals surface area contributed by atoms with Gasteiger partial charge in [-0.1, -0.05) is 0 Å². The van der Waals surface area contributed by atoms with Gasteiger partial charge in [-0.3, -0.25) is 0 Å². The van der Waals surface area contributed by atoms with Gasteiger partial charge < -0.3 is 4.90 Å². The molecule has 0 radical (unpaired) electrons. The molecule has 2 nitrogen and oxygen atoms in total. The third-order valence-corrected chi connectivity index (χ3v) is 1.93. The Morgan fingerprint density at radius 1 is 1.67 bits per heavy atom. The van der Waals surface area contributed by atoms with E-state index in [2.05, 4.69) is 0 Å². The van der Waals surface area contributed by atoms with Crippen LogP contribution in [0.1, 0.15) is 0 Å². The Morgan fingerprint density at radius 3 is 2.78 bits per heavy atom. The van der Waals surface area contributed by atoms with Gasteiger partial charge in [0.25, 0.3) is 0 Å². The first kappa shape index (κ1) is 6.62. The molecule has 1 unspecified atom stereocenters. The average Bonchev–Trinajstić information content (AvgIpc) is 1.83. The van der Waals surface area contributed by atoms with Crippen LogP contribution in [0, 0.1) is 0 Å². The monoisotopic (exact) mass is 145 g/mol. The zero-order valence-corrected chi connectivity index (χ0v) is 6.34. The number of hydrogen-bond acceptors (Lipinski definition) is 1. The third-order valence-electron chi connectivity index (χ3n) is 1.31. The van der Waals surface area contributed by atoms with Crippen LogP contribution in [0.15, 0.2) is 12.3 Å². The Hall–Kier alpha value is -0.500. The minimum absolute atomic E-state index is 0.0324. The first-order chi connectivity index (χ1) is 4.22. The van der Waals surface area contributed by atoms with Crippen molar-refractivity contribution in [1.29, 1.82) is 0 Å². The highest BCUT2D eigenvalue weighted by molar-refractivity contribution is 6.19. The van der Waals surface area contributed by atoms with E-state index in [1.807, 2.05) is 42.1 Å². The quantitative estimate of drug-likeness (QED) is 0.276. The molecule has 0 aromatic carbocycles. The Kier molecular flexibility index (Phi) is 1.76. The lowest BCUT2D eigenvalue weighted by Gasteiger charge is -2.18. The molecule has 1 heterocycles. The van der Waals surface area contributed by atoms with Gasteiger partial charge in [-0.05, 0) is 11.6 Å². The van der Waals surface area contributed by atoms with Crippen molar-refractivity contribution >= 4 is 17.8 Å². The van der Waals surface area contributed by atoms with E-state index in [-0.39, 0.29) is 5.62 Å². The van der Waals surface area contributed by atoms with Gasteiger partial charge in [0.1, 0.15) is 7.05 Å². The van der Waals surface area contributed by atoms with E-state index >= 15 is 0 Å². The van der Waals surface area contributed by atoms with E-state index in [9.17, 15) is 0 Å². The summed E-state index contributed by atoms with van der Waals surface area (Å²) in [6.45, 7) is 0. The fourth-order valence-corrected chi connectivity index (χ4v) is 0.869. The van der Waals surface area contributed by atoms with Crippen molar-refractivity contribution in [2.45, 2.75) is 5.62 Å². The second-order valence-electron chi connectivity index (χ2n) is 2.13. The Bertz CT molecular complexity index is 162. The van der Waals surface area contributed by atoms with Crippen LogP contribution in [0.3, 0.4) is 0 Å². The molecule has 1 aliphatic heterocycles. The molecule has 0 saturated carbocycles. The Balaban J connectivity index is 2.73. The minimum atomic E-state index is -0.0324. The van der Waals surface area contributed by atoms with Crippen LogP contribution < -0.4 is 0 Å². The number of hydrogen-bond donors (Lipinski definition) is 0. The summed E-state index contributed by atoms with van der Waals surface area (Å²) in [7, 11) is 3.88. The zero-order valence-electron chi connectivity index (χ0n) is 5.58. The molecule has 0 spiro atoms. The summed E-state index contributed by atoms with van der Waals surface area (Å²) in [5, 5.41) is 0. The number of halogens is 1. The van der Waals surface area contributed by atoms with Crippen molar-refractivity contribution < 1.29 is 4.58 Å². The van der Waals surface area contributed by atoms with Crippen LogP contribution in [0.5, 0.6) is 0 Å². The Labute approximate surface area is 60.0 Å². The number of rotatable bonds is 0. The first-order valence-corrected chi connectivity index (χ1v) is 3.25. The highest BCUT2D eigenvalue weighted by atomic mass is 35.5. The second kappa shape index (κ2) is 2.40. The molecule has 1 aliphatic rings. The highest BCUT2D eigenvalue weighted by Gasteiger charge is 2.17. The van der Waals surface area contributed by atoms with E-state index in [0.29, 0.717) is 0 Å². The smallest absolute Gasteiger partial charge is 0.306 e. The van der Waals surface area contributed by atoms with Gasteiger partial charge in [-0.15, -0.1) is 0 Å². The van der Waals surface area contributed by atoms with Gasteiger partial charge in [0.15, 0.2) is 6.21 Å². The molecule has 50 valence electrons. The van der Waals surface area contributed by atoms with Crippen LogP contribution in [0.2, 0.25) is 0 Å². The van der Waals surface area contributed by atoms with E-state index in [1.54, 1.807) is 0 Å². The largest absolute Gasteiger partial charge is 0.311 e. The molecular formula is C6H10ClN2+. The third kappa shape index (κ3) is 1.24. The van der Waals surface area contributed by atoms with Crippen LogP contribution in [-0.2, 0) is 0 Å². The predicted molar refractivity (Wildman–Crippen MR) is 38.8 cm³/mol. The molecule has 0 amide bonds. The normalized spacial score (nSPS) is 26.3. The number of alkyl halides is 1. The molecule has 9 heavy (non-hydrogen) atoms. The van der Waals surface area contributed by atoms with E-state index in [0.717, 1.165) is 0 Å². The van der Waals surface area contributed by atoms with E-state index in [1.165, 1.54) is 0 Å². The van der Waals surface area contributed by atoms with Gasteiger partial charge in [0.2, 0.25) is 0 Å². The molecule has 0 saturated heterocycles. The summed E-state index contributed by atoms with van der Waals surface area (Å²) in [5.74, 6) is 0. The molecule has 1 atom stereocenters. The summed E-state index contributed by atoms with van der Waals surface area (Å²) in [4.78, 5) is 1.93. The molecule has 0 fully saturated rings. The molecule has 0 aromatic rings. The summed E-state index contributed by atoms with van der Waals surface area (Å²) in [6.07, 6.45) is 5.84. The predicted octanol–water partition coefficient (Wildman–Crippen LogP) is 0.681. The maximum Gasteiger partial charge on any atom is 0.306 e. The zero-order chi connectivity index (χ0) is 6.85. The van der Waals surface area contributed by atoms with Crippen molar-refractivity contribution in [2.75, 3.05) is 14.1 Å². The van der Waals surface area contributed by atoms with Crippen molar-refractivity contribution in [1.82, 2.24) is 4.90 Å². The van der Waals surface area contributed by atoms with Crippen molar-refractivity contribution in [3.8, 4) is 0 Å². The molecule has 0 aliphatic carbocycles. The van der Waals surface area contributed by atoms with Crippen molar-refractivity contribution in [3.63, 3.8) is 0 Å². The van der Waals surface area contributed by atoms with Crippen LogP contribution in [0.25, 0.3) is 0 Å². The summed E-state index contributed by atoms with van der Waals surface area (Å²) in [6, 6.07) is 0. The highest BCUT2D eigenvalue weighted by Crippen LogP contribution is 2.04. The van der Waals surface area contributed by atoms with Crippen molar-refractivity contribution in [3.05, 3.63) is 12.3 Å². The maximum absolute atomic E-state index is 5.89. The SMILES string of the molecule is CN1C=CC=[N+](C)C1Cl. The van der Waals surface area contributed by atoms with E-state index in [4.69, 9.17) is 11.6 Å². The lowest BCUT2D eigenvalue weighted by molar-refractivity contribution is -0.532. The van der Waals surface area contributed by atoms with Crippen LogP contribution in [-0.4, -0.2) is 35.4 Å². The lowest BCUT2D eigenvalue weighted by atomic mass is 10.5.